The van der Waals surface area contributed by atoms with E-state index in [-0.39, 0.29) is 29.9 Å². The van der Waals surface area contributed by atoms with Gasteiger partial charge in [0.2, 0.25) is 0 Å². The molecule has 8 nitrogen and oxygen atoms in total. The summed E-state index contributed by atoms with van der Waals surface area (Å²) in [6, 6.07) is 5.48. The third-order valence-corrected chi connectivity index (χ3v) is 6.53. The molecule has 3 N–H and O–H groups in total. The van der Waals surface area contributed by atoms with Gasteiger partial charge in [-0.3, -0.25) is 14.4 Å². The van der Waals surface area contributed by atoms with Crippen LogP contribution >= 0.6 is 11.3 Å². The van der Waals surface area contributed by atoms with Crippen molar-refractivity contribution >= 4 is 39.8 Å². The van der Waals surface area contributed by atoms with E-state index in [0.29, 0.717) is 35.0 Å². The number of aromatic amines is 1. The maximum atomic E-state index is 13.0. The first kappa shape index (κ1) is 22.2. The number of nitrogens with one attached hydrogen (secondary N) is 3. The smallest absolute Gasteiger partial charge is 0.270 e. The van der Waals surface area contributed by atoms with Gasteiger partial charge in [0.1, 0.15) is 16.4 Å². The summed E-state index contributed by atoms with van der Waals surface area (Å²) < 4.78 is 0. The van der Waals surface area contributed by atoms with Gasteiger partial charge in [-0.1, -0.05) is 6.92 Å². The Morgan fingerprint density at radius 3 is 2.91 bits per heavy atom. The van der Waals surface area contributed by atoms with E-state index in [1.165, 1.54) is 11.3 Å². The van der Waals surface area contributed by atoms with Crippen molar-refractivity contribution in [2.24, 2.45) is 0 Å². The van der Waals surface area contributed by atoms with Crippen LogP contribution in [0, 0.1) is 0 Å². The minimum atomic E-state index is -0.231. The van der Waals surface area contributed by atoms with Gasteiger partial charge in [0.25, 0.3) is 11.8 Å². The first-order valence-corrected chi connectivity index (χ1v) is 11.6. The Bertz CT molecular complexity index is 1180. The lowest BCUT2D eigenvalue weighted by atomic mass is 9.94. The minimum Gasteiger partial charge on any atom is -0.351 e. The molecule has 1 aliphatic heterocycles. The fourth-order valence-corrected chi connectivity index (χ4v) is 4.70. The zero-order chi connectivity index (χ0) is 22.8. The Morgan fingerprint density at radius 2 is 2.12 bits per heavy atom. The van der Waals surface area contributed by atoms with Crippen molar-refractivity contribution in [2.75, 3.05) is 33.7 Å². The van der Waals surface area contributed by atoms with Crippen molar-refractivity contribution in [3.63, 3.8) is 0 Å². The summed E-state index contributed by atoms with van der Waals surface area (Å²) in [5.74, 6) is -0.199. The normalized spacial score (nSPS) is 16.0. The number of amides is 2. The molecule has 2 aromatic heterocycles. The molecule has 0 aliphatic carbocycles. The standard InChI is InChI=1S/C23H27N5O3S/c1-13-6-7-24-23(31)21-20(13)15-10-14(4-5-16(15)27-21)18(29)11-19-26-17(12-32-19)22(30)25-8-9-28(2)3/h4-5,10,12-13,27H,6-9,11H2,1-3H3,(H,24,31)(H,25,30)/t13-/m0/s1. The Balaban J connectivity index is 1.51. The van der Waals surface area contributed by atoms with Crippen LogP contribution in [0.3, 0.4) is 0 Å². The van der Waals surface area contributed by atoms with Crippen LogP contribution in [0.1, 0.15) is 61.2 Å². The quantitative estimate of drug-likeness (QED) is 0.477. The molecule has 1 aliphatic rings. The second kappa shape index (κ2) is 9.22. The number of carbonyl (C=O) groups is 3. The second-order valence-corrected chi connectivity index (χ2v) is 9.35. The van der Waals surface area contributed by atoms with E-state index in [2.05, 4.69) is 27.5 Å². The fourth-order valence-electron chi connectivity index (χ4n) is 3.93. The van der Waals surface area contributed by atoms with Gasteiger partial charge in [0.05, 0.1) is 6.42 Å². The monoisotopic (exact) mass is 453 g/mol. The van der Waals surface area contributed by atoms with Gasteiger partial charge in [-0.05, 0) is 50.2 Å². The van der Waals surface area contributed by atoms with Gasteiger partial charge < -0.3 is 20.5 Å². The van der Waals surface area contributed by atoms with Crippen molar-refractivity contribution < 1.29 is 14.4 Å². The van der Waals surface area contributed by atoms with Crippen LogP contribution in [0.2, 0.25) is 0 Å². The number of hydrogen-bond donors (Lipinski definition) is 3. The van der Waals surface area contributed by atoms with Crippen LogP contribution in [0.25, 0.3) is 10.9 Å². The molecule has 3 aromatic rings. The summed E-state index contributed by atoms with van der Waals surface area (Å²) >= 11 is 1.31. The SMILES string of the molecule is C[C@H]1CCNC(=O)c2[nH]c3ccc(C(=O)Cc4nc(C(=O)NCCN(C)C)cs4)cc3c21. The summed E-state index contributed by atoms with van der Waals surface area (Å²) in [7, 11) is 3.88. The van der Waals surface area contributed by atoms with E-state index in [1.54, 1.807) is 11.4 Å². The van der Waals surface area contributed by atoms with Gasteiger partial charge in [0.15, 0.2) is 5.78 Å². The number of H-pyrrole nitrogens is 1. The number of hydrogen-bond acceptors (Lipinski definition) is 6. The van der Waals surface area contributed by atoms with E-state index in [4.69, 9.17) is 0 Å². The van der Waals surface area contributed by atoms with E-state index in [0.717, 1.165) is 29.4 Å². The molecular weight excluding hydrogens is 426 g/mol. The molecule has 0 saturated carbocycles. The number of aromatic nitrogens is 2. The summed E-state index contributed by atoms with van der Waals surface area (Å²) in [4.78, 5) is 47.1. The summed E-state index contributed by atoms with van der Waals surface area (Å²) in [6.07, 6.45) is 0.978. The molecule has 1 atom stereocenters. The van der Waals surface area contributed by atoms with Crippen LogP contribution in [0.15, 0.2) is 23.6 Å². The highest BCUT2D eigenvalue weighted by atomic mass is 32.1. The van der Waals surface area contributed by atoms with E-state index < -0.39 is 0 Å². The number of ketones is 1. The average Bonchev–Trinajstić information content (AvgIpc) is 3.34. The highest BCUT2D eigenvalue weighted by Crippen LogP contribution is 2.33. The van der Waals surface area contributed by atoms with Crippen LogP contribution < -0.4 is 10.6 Å². The Labute approximate surface area is 190 Å². The molecular formula is C23H27N5O3S. The molecule has 1 aromatic carbocycles. The van der Waals surface area contributed by atoms with Crippen LogP contribution in [0.4, 0.5) is 0 Å². The lowest BCUT2D eigenvalue weighted by molar-refractivity contribution is 0.0940. The van der Waals surface area contributed by atoms with Crippen LogP contribution in [-0.2, 0) is 6.42 Å². The van der Waals surface area contributed by atoms with E-state index >= 15 is 0 Å². The molecule has 0 spiro atoms. The van der Waals surface area contributed by atoms with Crippen molar-refractivity contribution in [3.05, 3.63) is 51.1 Å². The van der Waals surface area contributed by atoms with Gasteiger partial charge >= 0.3 is 0 Å². The van der Waals surface area contributed by atoms with Crippen LogP contribution in [-0.4, -0.2) is 66.2 Å². The molecule has 0 saturated heterocycles. The molecule has 0 unspecified atom stereocenters. The number of benzene rings is 1. The summed E-state index contributed by atoms with van der Waals surface area (Å²) in [6.45, 7) is 4.02. The molecule has 0 radical (unpaired) electrons. The second-order valence-electron chi connectivity index (χ2n) is 8.41. The molecule has 2 amide bonds. The first-order valence-electron chi connectivity index (χ1n) is 10.7. The van der Waals surface area contributed by atoms with E-state index in [1.807, 2.05) is 31.1 Å². The Hall–Kier alpha value is -3.04. The maximum Gasteiger partial charge on any atom is 0.270 e. The zero-order valence-electron chi connectivity index (χ0n) is 18.4. The van der Waals surface area contributed by atoms with Crippen molar-refractivity contribution in [1.29, 1.82) is 0 Å². The highest BCUT2D eigenvalue weighted by molar-refractivity contribution is 7.10. The van der Waals surface area contributed by atoms with Crippen molar-refractivity contribution in [2.45, 2.75) is 25.7 Å². The number of carbonyl (C=O) groups excluding carboxylic acids is 3. The molecule has 32 heavy (non-hydrogen) atoms. The summed E-state index contributed by atoms with van der Waals surface area (Å²) in [5.41, 5.74) is 3.31. The van der Waals surface area contributed by atoms with Gasteiger partial charge in [-0.25, -0.2) is 4.98 Å². The average molecular weight is 454 g/mol. The predicted molar refractivity (Wildman–Crippen MR) is 125 cm³/mol. The fraction of sp³-hybridized carbons (Fsp3) is 0.391. The van der Waals surface area contributed by atoms with Crippen molar-refractivity contribution in [1.82, 2.24) is 25.5 Å². The number of Topliss-reactive ketones (excluding diaryl/α,β-unsaturated/α-hetero) is 1. The first-order chi connectivity index (χ1) is 15.3. The molecule has 4 rings (SSSR count). The zero-order valence-corrected chi connectivity index (χ0v) is 19.3. The molecule has 0 fully saturated rings. The third kappa shape index (κ3) is 4.58. The van der Waals surface area contributed by atoms with Gasteiger partial charge in [-0.15, -0.1) is 11.3 Å². The van der Waals surface area contributed by atoms with Gasteiger partial charge in [0, 0.05) is 41.5 Å². The van der Waals surface area contributed by atoms with Crippen LogP contribution in [0.5, 0.6) is 0 Å². The maximum absolute atomic E-state index is 13.0. The Kier molecular flexibility index (Phi) is 6.38. The molecule has 0 bridgehead atoms. The lowest BCUT2D eigenvalue weighted by Gasteiger charge is -2.09. The topological polar surface area (TPSA) is 107 Å². The summed E-state index contributed by atoms with van der Waals surface area (Å²) in [5, 5.41) is 8.94. The van der Waals surface area contributed by atoms with E-state index in [9.17, 15) is 14.4 Å². The number of likely N-dealkylation sites (N-methyl/N-ethyl adjacent to an activating group) is 1. The predicted octanol–water partition coefficient (Wildman–Crippen LogP) is 2.58. The third-order valence-electron chi connectivity index (χ3n) is 5.68. The molecule has 9 heteroatoms. The Morgan fingerprint density at radius 1 is 1.31 bits per heavy atom. The molecule has 3 heterocycles. The highest BCUT2D eigenvalue weighted by Gasteiger charge is 2.25. The van der Waals surface area contributed by atoms with Crippen molar-refractivity contribution in [3.8, 4) is 0 Å². The molecule has 168 valence electrons. The number of fused-ring (bicyclic) bond motifs is 3. The number of rotatable bonds is 7. The minimum absolute atomic E-state index is 0.0681. The number of thiazole rings is 1. The van der Waals surface area contributed by atoms with Gasteiger partial charge in [-0.2, -0.15) is 0 Å². The largest absolute Gasteiger partial charge is 0.351 e. The lowest BCUT2D eigenvalue weighted by Crippen LogP contribution is -2.31. The number of nitrogens with zero attached hydrogens (tertiary/aromatic N) is 2.